The van der Waals surface area contributed by atoms with Crippen LogP contribution in [0.5, 0.6) is 0 Å². The lowest BCUT2D eigenvalue weighted by Gasteiger charge is -2.44. The van der Waals surface area contributed by atoms with E-state index in [9.17, 15) is 5.11 Å². The summed E-state index contributed by atoms with van der Waals surface area (Å²) in [5, 5.41) is 11.6. The van der Waals surface area contributed by atoms with Crippen molar-refractivity contribution in [3.8, 4) is 0 Å². The van der Waals surface area contributed by atoms with Crippen LogP contribution in [0.1, 0.15) is 51.2 Å². The van der Waals surface area contributed by atoms with Crippen molar-refractivity contribution in [2.24, 2.45) is 0 Å². The molecule has 0 bridgehead atoms. The SMILES string of the molecule is CCC(CC)(C(O)c1ccc(Cl)cc1)N1CCCC1. The molecule has 106 valence electrons. The highest BCUT2D eigenvalue weighted by atomic mass is 35.5. The predicted octanol–water partition coefficient (Wildman–Crippen LogP) is 4.03. The first-order valence-electron chi connectivity index (χ1n) is 7.32. The fourth-order valence-electron chi connectivity index (χ4n) is 3.37. The second kappa shape index (κ2) is 6.25. The molecule has 1 aliphatic rings. The van der Waals surface area contributed by atoms with Gasteiger partial charge in [-0.05, 0) is 56.5 Å². The minimum absolute atomic E-state index is 0.135. The molecular formula is C16H24ClNO. The van der Waals surface area contributed by atoms with E-state index in [1.165, 1.54) is 12.8 Å². The summed E-state index contributed by atoms with van der Waals surface area (Å²) in [7, 11) is 0. The molecule has 2 rings (SSSR count). The van der Waals surface area contributed by atoms with Gasteiger partial charge in [0.25, 0.3) is 0 Å². The van der Waals surface area contributed by atoms with Gasteiger partial charge in [0, 0.05) is 5.02 Å². The fraction of sp³-hybridized carbons (Fsp3) is 0.625. The third-order valence-electron chi connectivity index (χ3n) is 4.66. The zero-order valence-electron chi connectivity index (χ0n) is 11.9. The Hall–Kier alpha value is -0.570. The van der Waals surface area contributed by atoms with Gasteiger partial charge in [-0.1, -0.05) is 37.6 Å². The summed E-state index contributed by atoms with van der Waals surface area (Å²) in [6.45, 7) is 6.57. The van der Waals surface area contributed by atoms with Crippen molar-refractivity contribution in [2.75, 3.05) is 13.1 Å². The van der Waals surface area contributed by atoms with Crippen LogP contribution >= 0.6 is 11.6 Å². The van der Waals surface area contributed by atoms with Crippen molar-refractivity contribution in [3.05, 3.63) is 34.9 Å². The van der Waals surface area contributed by atoms with Crippen LogP contribution in [-0.4, -0.2) is 28.6 Å². The van der Waals surface area contributed by atoms with Crippen LogP contribution in [-0.2, 0) is 0 Å². The Morgan fingerprint density at radius 2 is 1.68 bits per heavy atom. The Labute approximate surface area is 121 Å². The molecular weight excluding hydrogens is 258 g/mol. The average Bonchev–Trinajstić information content (AvgIpc) is 2.96. The third-order valence-corrected chi connectivity index (χ3v) is 4.91. The third kappa shape index (κ3) is 2.81. The highest BCUT2D eigenvalue weighted by Crippen LogP contribution is 2.39. The van der Waals surface area contributed by atoms with Crippen molar-refractivity contribution in [1.82, 2.24) is 4.90 Å². The predicted molar refractivity (Wildman–Crippen MR) is 80.5 cm³/mol. The van der Waals surface area contributed by atoms with Crippen LogP contribution in [0.2, 0.25) is 5.02 Å². The molecule has 0 amide bonds. The smallest absolute Gasteiger partial charge is 0.0973 e. The van der Waals surface area contributed by atoms with Crippen LogP contribution in [0, 0.1) is 0 Å². The number of hydrogen-bond acceptors (Lipinski definition) is 2. The summed E-state index contributed by atoms with van der Waals surface area (Å²) in [5.74, 6) is 0. The summed E-state index contributed by atoms with van der Waals surface area (Å²) in [6.07, 6.45) is 3.97. The van der Waals surface area contributed by atoms with E-state index in [4.69, 9.17) is 11.6 Å². The van der Waals surface area contributed by atoms with Gasteiger partial charge >= 0.3 is 0 Å². The number of benzene rings is 1. The van der Waals surface area contributed by atoms with Crippen molar-refractivity contribution in [1.29, 1.82) is 0 Å². The maximum atomic E-state index is 10.9. The van der Waals surface area contributed by atoms with E-state index in [-0.39, 0.29) is 5.54 Å². The second-order valence-electron chi connectivity index (χ2n) is 5.46. The van der Waals surface area contributed by atoms with Crippen LogP contribution in [0.3, 0.4) is 0 Å². The molecule has 0 aliphatic carbocycles. The second-order valence-corrected chi connectivity index (χ2v) is 5.90. The Balaban J connectivity index is 2.29. The molecule has 3 heteroatoms. The number of nitrogens with zero attached hydrogens (tertiary/aromatic N) is 1. The summed E-state index contributed by atoms with van der Waals surface area (Å²) < 4.78 is 0. The van der Waals surface area contributed by atoms with E-state index in [1.807, 2.05) is 24.3 Å². The van der Waals surface area contributed by atoms with Crippen LogP contribution in [0.15, 0.2) is 24.3 Å². The van der Waals surface area contributed by atoms with Gasteiger partial charge in [-0.2, -0.15) is 0 Å². The minimum Gasteiger partial charge on any atom is -0.386 e. The van der Waals surface area contributed by atoms with Crippen LogP contribution in [0.25, 0.3) is 0 Å². The van der Waals surface area contributed by atoms with Crippen molar-refractivity contribution >= 4 is 11.6 Å². The molecule has 1 N–H and O–H groups in total. The summed E-state index contributed by atoms with van der Waals surface area (Å²) in [5.41, 5.74) is 0.838. The first kappa shape index (κ1) is 14.8. The van der Waals surface area contributed by atoms with Gasteiger partial charge in [-0.15, -0.1) is 0 Å². The summed E-state index contributed by atoms with van der Waals surface area (Å²) in [4.78, 5) is 2.48. The van der Waals surface area contributed by atoms with E-state index in [2.05, 4.69) is 18.7 Å². The van der Waals surface area contributed by atoms with E-state index in [0.29, 0.717) is 0 Å². The average molecular weight is 282 g/mol. The lowest BCUT2D eigenvalue weighted by Crippen LogP contribution is -2.51. The number of aliphatic hydroxyl groups excluding tert-OH is 1. The number of hydrogen-bond donors (Lipinski definition) is 1. The highest BCUT2D eigenvalue weighted by molar-refractivity contribution is 6.30. The number of halogens is 1. The van der Waals surface area contributed by atoms with Crippen molar-refractivity contribution in [2.45, 2.75) is 51.2 Å². The molecule has 1 saturated heterocycles. The number of likely N-dealkylation sites (tertiary alicyclic amines) is 1. The molecule has 2 nitrogen and oxygen atoms in total. The monoisotopic (exact) mass is 281 g/mol. The quantitative estimate of drug-likeness (QED) is 0.881. The van der Waals surface area contributed by atoms with Gasteiger partial charge in [-0.25, -0.2) is 0 Å². The molecule has 1 fully saturated rings. The maximum Gasteiger partial charge on any atom is 0.0973 e. The normalized spacial score (nSPS) is 18.7. The zero-order chi connectivity index (χ0) is 13.9. The maximum absolute atomic E-state index is 10.9. The van der Waals surface area contributed by atoms with Crippen molar-refractivity contribution < 1.29 is 5.11 Å². The highest BCUT2D eigenvalue weighted by Gasteiger charge is 2.41. The first-order chi connectivity index (χ1) is 9.14. The lowest BCUT2D eigenvalue weighted by atomic mass is 9.81. The molecule has 1 heterocycles. The zero-order valence-corrected chi connectivity index (χ0v) is 12.7. The van der Waals surface area contributed by atoms with Crippen molar-refractivity contribution in [3.63, 3.8) is 0 Å². The number of rotatable bonds is 5. The van der Waals surface area contributed by atoms with Crippen LogP contribution in [0.4, 0.5) is 0 Å². The Morgan fingerprint density at radius 3 is 2.16 bits per heavy atom. The van der Waals surface area contributed by atoms with E-state index < -0.39 is 6.10 Å². The topological polar surface area (TPSA) is 23.5 Å². The molecule has 0 radical (unpaired) electrons. The molecule has 0 aromatic heterocycles. The van der Waals surface area contributed by atoms with Gasteiger partial charge in [0.2, 0.25) is 0 Å². The Kier molecular flexibility index (Phi) is 4.88. The first-order valence-corrected chi connectivity index (χ1v) is 7.70. The van der Waals surface area contributed by atoms with E-state index >= 15 is 0 Å². The van der Waals surface area contributed by atoms with Gasteiger partial charge < -0.3 is 5.11 Å². The molecule has 19 heavy (non-hydrogen) atoms. The van der Waals surface area contributed by atoms with E-state index in [0.717, 1.165) is 36.5 Å². The molecule has 1 aliphatic heterocycles. The Bertz CT molecular complexity index is 394. The number of aliphatic hydroxyl groups is 1. The Morgan fingerprint density at radius 1 is 1.16 bits per heavy atom. The summed E-state index contributed by atoms with van der Waals surface area (Å²) in [6, 6.07) is 7.62. The minimum atomic E-state index is -0.446. The van der Waals surface area contributed by atoms with Gasteiger partial charge in [-0.3, -0.25) is 4.90 Å². The molecule has 1 unspecified atom stereocenters. The van der Waals surface area contributed by atoms with Crippen LogP contribution < -0.4 is 0 Å². The van der Waals surface area contributed by atoms with E-state index in [1.54, 1.807) is 0 Å². The molecule has 1 aromatic rings. The molecule has 0 saturated carbocycles. The van der Waals surface area contributed by atoms with Gasteiger partial charge in [0.1, 0.15) is 0 Å². The van der Waals surface area contributed by atoms with Gasteiger partial charge in [0.15, 0.2) is 0 Å². The lowest BCUT2D eigenvalue weighted by molar-refractivity contribution is -0.0294. The molecule has 1 aromatic carbocycles. The largest absolute Gasteiger partial charge is 0.386 e. The molecule has 1 atom stereocenters. The fourth-order valence-corrected chi connectivity index (χ4v) is 3.50. The molecule has 0 spiro atoms. The standard InChI is InChI=1S/C16H24ClNO/c1-3-16(4-2,18-11-5-6-12-18)15(19)13-7-9-14(17)10-8-13/h7-10,15,19H,3-6,11-12H2,1-2H3. The van der Waals surface area contributed by atoms with Gasteiger partial charge in [0.05, 0.1) is 11.6 Å². The summed E-state index contributed by atoms with van der Waals surface area (Å²) >= 11 is 5.93.